The number of halogens is 3. The first-order chi connectivity index (χ1) is 10.2. The number of pyridine rings is 1. The summed E-state index contributed by atoms with van der Waals surface area (Å²) in [6.07, 6.45) is -4.60. The predicted molar refractivity (Wildman–Crippen MR) is 69.7 cm³/mol. The monoisotopic (exact) mass is 315 g/mol. The normalized spacial score (nSPS) is 11.5. The summed E-state index contributed by atoms with van der Waals surface area (Å²) < 4.78 is 44.3. The highest BCUT2D eigenvalue weighted by Crippen LogP contribution is 2.35. The van der Waals surface area contributed by atoms with Gasteiger partial charge in [0.2, 0.25) is 5.88 Å². The van der Waals surface area contributed by atoms with Gasteiger partial charge >= 0.3 is 12.1 Å². The van der Waals surface area contributed by atoms with Crippen molar-refractivity contribution in [3.8, 4) is 17.1 Å². The highest BCUT2D eigenvalue weighted by Gasteiger charge is 2.34. The Morgan fingerprint density at radius 1 is 1.36 bits per heavy atom. The molecule has 0 aromatic carbocycles. The molecule has 0 saturated heterocycles. The van der Waals surface area contributed by atoms with E-state index in [1.54, 1.807) is 0 Å². The fourth-order valence-electron chi connectivity index (χ4n) is 2.14. The van der Waals surface area contributed by atoms with Crippen molar-refractivity contribution in [3.05, 3.63) is 29.1 Å². The average Bonchev–Trinajstić information content (AvgIpc) is 2.72. The van der Waals surface area contributed by atoms with Gasteiger partial charge in [0.25, 0.3) is 0 Å². The summed E-state index contributed by atoms with van der Waals surface area (Å²) >= 11 is 0. The Morgan fingerprint density at radius 2 is 2.00 bits per heavy atom. The Morgan fingerprint density at radius 3 is 2.45 bits per heavy atom. The van der Waals surface area contributed by atoms with E-state index in [0.717, 1.165) is 6.07 Å². The van der Waals surface area contributed by atoms with Gasteiger partial charge in [0, 0.05) is 12.6 Å². The first kappa shape index (κ1) is 15.8. The molecule has 0 aliphatic rings. The summed E-state index contributed by atoms with van der Waals surface area (Å²) in [6.45, 7) is 1.52. The van der Waals surface area contributed by atoms with E-state index in [1.807, 2.05) is 0 Å². The van der Waals surface area contributed by atoms with Crippen molar-refractivity contribution in [2.75, 3.05) is 7.11 Å². The van der Waals surface area contributed by atoms with Crippen LogP contribution < -0.4 is 4.74 Å². The van der Waals surface area contributed by atoms with Gasteiger partial charge in [-0.25, -0.2) is 9.78 Å². The maximum atomic E-state index is 12.7. The molecule has 0 amide bonds. The Kier molecular flexibility index (Phi) is 3.82. The lowest BCUT2D eigenvalue weighted by atomic mass is 10.1. The van der Waals surface area contributed by atoms with Gasteiger partial charge in [-0.05, 0) is 19.1 Å². The van der Waals surface area contributed by atoms with Gasteiger partial charge in [-0.3, -0.25) is 4.68 Å². The first-order valence-corrected chi connectivity index (χ1v) is 6.06. The molecule has 0 unspecified atom stereocenters. The minimum absolute atomic E-state index is 0.181. The fraction of sp³-hybridized carbons (Fsp3) is 0.308. The number of carboxylic acids is 1. The summed E-state index contributed by atoms with van der Waals surface area (Å²) in [4.78, 5) is 14.5. The van der Waals surface area contributed by atoms with E-state index in [9.17, 15) is 18.0 Å². The van der Waals surface area contributed by atoms with Crippen molar-refractivity contribution < 1.29 is 27.8 Å². The van der Waals surface area contributed by atoms with Gasteiger partial charge in [0.05, 0.1) is 18.4 Å². The minimum Gasteiger partial charge on any atom is -0.480 e. The van der Waals surface area contributed by atoms with Gasteiger partial charge in [0.15, 0.2) is 5.69 Å². The molecule has 22 heavy (non-hydrogen) atoms. The zero-order valence-corrected chi connectivity index (χ0v) is 11.9. The molecule has 9 heteroatoms. The van der Waals surface area contributed by atoms with Crippen LogP contribution in [-0.4, -0.2) is 33.0 Å². The van der Waals surface area contributed by atoms with Gasteiger partial charge in [-0.2, -0.15) is 18.3 Å². The number of hydrogen-bond acceptors (Lipinski definition) is 4. The topological polar surface area (TPSA) is 77.2 Å². The van der Waals surface area contributed by atoms with Crippen molar-refractivity contribution in [2.45, 2.75) is 13.1 Å². The van der Waals surface area contributed by atoms with E-state index in [-0.39, 0.29) is 17.1 Å². The lowest BCUT2D eigenvalue weighted by Crippen LogP contribution is -2.09. The van der Waals surface area contributed by atoms with E-state index in [4.69, 9.17) is 9.84 Å². The van der Waals surface area contributed by atoms with Crippen molar-refractivity contribution in [1.29, 1.82) is 0 Å². The van der Waals surface area contributed by atoms with Gasteiger partial charge in [-0.1, -0.05) is 0 Å². The third-order valence-corrected chi connectivity index (χ3v) is 3.09. The number of hydrogen-bond donors (Lipinski definition) is 1. The second kappa shape index (κ2) is 5.32. The van der Waals surface area contributed by atoms with E-state index < -0.39 is 17.8 Å². The van der Waals surface area contributed by atoms with Gasteiger partial charge in [0.1, 0.15) is 5.69 Å². The molecule has 6 nitrogen and oxygen atoms in total. The van der Waals surface area contributed by atoms with Crippen LogP contribution in [0, 0.1) is 6.92 Å². The second-order valence-corrected chi connectivity index (χ2v) is 4.50. The van der Waals surface area contributed by atoms with Crippen LogP contribution in [0.2, 0.25) is 0 Å². The quantitative estimate of drug-likeness (QED) is 0.941. The molecule has 0 aliphatic carbocycles. The summed E-state index contributed by atoms with van der Waals surface area (Å²) in [6, 6.07) is 2.00. The molecule has 0 fully saturated rings. The van der Waals surface area contributed by atoms with Crippen LogP contribution in [0.4, 0.5) is 13.2 Å². The number of rotatable bonds is 3. The standard InChI is InChI=1S/C13H12F3N3O3/c1-6-9(12(20)21)18-19(2)10(6)7-4-5-8(13(14,15)16)17-11(7)22-3/h4-5H,1-3H3,(H,20,21). The Hall–Kier alpha value is -2.58. The maximum Gasteiger partial charge on any atom is 0.433 e. The van der Waals surface area contributed by atoms with Gasteiger partial charge in [-0.15, -0.1) is 0 Å². The molecule has 0 radical (unpaired) electrons. The largest absolute Gasteiger partial charge is 0.480 e. The summed E-state index contributed by atoms with van der Waals surface area (Å²) in [7, 11) is 2.68. The smallest absolute Gasteiger partial charge is 0.433 e. The molecule has 0 bridgehead atoms. The zero-order valence-electron chi connectivity index (χ0n) is 11.9. The number of aromatic nitrogens is 3. The van der Waals surface area contributed by atoms with Gasteiger partial charge < -0.3 is 9.84 Å². The van der Waals surface area contributed by atoms with Crippen LogP contribution in [-0.2, 0) is 13.2 Å². The molecule has 2 aromatic rings. The Balaban J connectivity index is 2.66. The summed E-state index contributed by atoms with van der Waals surface area (Å²) in [5.41, 5.74) is -0.397. The molecule has 0 atom stereocenters. The first-order valence-electron chi connectivity index (χ1n) is 6.06. The maximum absolute atomic E-state index is 12.7. The lowest BCUT2D eigenvalue weighted by Gasteiger charge is -2.12. The molecule has 2 aromatic heterocycles. The second-order valence-electron chi connectivity index (χ2n) is 4.50. The van der Waals surface area contributed by atoms with E-state index in [0.29, 0.717) is 11.3 Å². The van der Waals surface area contributed by atoms with Crippen molar-refractivity contribution >= 4 is 5.97 Å². The molecular formula is C13H12F3N3O3. The number of carboxylic acid groups (broad SMARTS) is 1. The van der Waals surface area contributed by atoms with Crippen molar-refractivity contribution in [2.24, 2.45) is 7.05 Å². The molecule has 0 aliphatic heterocycles. The number of ether oxygens (including phenoxy) is 1. The van der Waals surface area contributed by atoms with Crippen LogP contribution in [0.15, 0.2) is 12.1 Å². The molecule has 118 valence electrons. The van der Waals surface area contributed by atoms with Crippen LogP contribution in [0.1, 0.15) is 21.7 Å². The minimum atomic E-state index is -4.60. The summed E-state index contributed by atoms with van der Waals surface area (Å²) in [5, 5.41) is 12.9. The molecule has 2 heterocycles. The lowest BCUT2D eigenvalue weighted by molar-refractivity contribution is -0.141. The molecule has 0 spiro atoms. The van der Waals surface area contributed by atoms with E-state index in [1.165, 1.54) is 31.8 Å². The highest BCUT2D eigenvalue weighted by molar-refractivity contribution is 5.90. The van der Waals surface area contributed by atoms with Crippen LogP contribution in [0.3, 0.4) is 0 Å². The number of nitrogens with zero attached hydrogens (tertiary/aromatic N) is 3. The number of methoxy groups -OCH3 is 1. The predicted octanol–water partition coefficient (Wildman–Crippen LogP) is 2.52. The Labute approximate surface area is 123 Å². The molecular weight excluding hydrogens is 303 g/mol. The Bertz CT molecular complexity index is 738. The van der Waals surface area contributed by atoms with E-state index >= 15 is 0 Å². The van der Waals surface area contributed by atoms with Crippen LogP contribution in [0.25, 0.3) is 11.3 Å². The van der Waals surface area contributed by atoms with Crippen molar-refractivity contribution in [3.63, 3.8) is 0 Å². The van der Waals surface area contributed by atoms with E-state index in [2.05, 4.69) is 10.1 Å². The molecule has 2 rings (SSSR count). The molecule has 0 saturated carbocycles. The molecule has 1 N–H and O–H groups in total. The van der Waals surface area contributed by atoms with Crippen LogP contribution in [0.5, 0.6) is 5.88 Å². The summed E-state index contributed by atoms with van der Waals surface area (Å²) in [5.74, 6) is -1.48. The number of aryl methyl sites for hydroxylation is 1. The zero-order chi connectivity index (χ0) is 16.7. The average molecular weight is 315 g/mol. The van der Waals surface area contributed by atoms with Crippen molar-refractivity contribution in [1.82, 2.24) is 14.8 Å². The number of alkyl halides is 3. The SMILES string of the molecule is COc1nc(C(F)(F)F)ccc1-c1c(C)c(C(=O)O)nn1C. The highest BCUT2D eigenvalue weighted by atomic mass is 19.4. The number of carbonyl (C=O) groups is 1. The van der Waals surface area contributed by atoms with Crippen LogP contribution >= 0.6 is 0 Å². The third kappa shape index (κ3) is 2.61. The number of aromatic carboxylic acids is 1. The fourth-order valence-corrected chi connectivity index (χ4v) is 2.14. The third-order valence-electron chi connectivity index (χ3n) is 3.09.